The third kappa shape index (κ3) is 4.90. The first-order valence-electron chi connectivity index (χ1n) is 6.89. The van der Waals surface area contributed by atoms with Gasteiger partial charge in [-0.25, -0.2) is 8.78 Å². The highest BCUT2D eigenvalue weighted by molar-refractivity contribution is 5.21. The molecule has 0 spiro atoms. The first-order valence-corrected chi connectivity index (χ1v) is 6.89. The zero-order valence-corrected chi connectivity index (χ0v) is 12.2. The quantitative estimate of drug-likeness (QED) is 0.815. The molecule has 1 N–H and O–H groups in total. The lowest BCUT2D eigenvalue weighted by atomic mass is 9.80. The van der Waals surface area contributed by atoms with Crippen LogP contribution in [0.25, 0.3) is 0 Å². The summed E-state index contributed by atoms with van der Waals surface area (Å²) in [5.74, 6) is -1.08. The minimum atomic E-state index is -0.975. The van der Waals surface area contributed by atoms with Crippen LogP contribution in [0.5, 0.6) is 0 Å². The largest absolute Gasteiger partial charge is 0.390 e. The maximum absolute atomic E-state index is 13.7. The molecule has 1 nitrogen and oxygen atoms in total. The van der Waals surface area contributed by atoms with Gasteiger partial charge in [0.25, 0.3) is 0 Å². The number of rotatable bonds is 6. The first kappa shape index (κ1) is 16.1. The van der Waals surface area contributed by atoms with E-state index in [1.54, 1.807) is 6.07 Å². The molecule has 0 fully saturated rings. The van der Waals surface area contributed by atoms with Gasteiger partial charge >= 0.3 is 0 Å². The molecule has 0 heterocycles. The van der Waals surface area contributed by atoms with Crippen LogP contribution in [0.1, 0.15) is 46.1 Å². The van der Waals surface area contributed by atoms with Crippen molar-refractivity contribution in [1.82, 2.24) is 0 Å². The number of halogens is 2. The van der Waals surface area contributed by atoms with Crippen LogP contribution >= 0.6 is 0 Å². The minimum Gasteiger partial charge on any atom is -0.390 e. The lowest BCUT2D eigenvalue weighted by molar-refractivity contribution is -0.0000388. The molecule has 0 aliphatic carbocycles. The standard InChI is InChI=1S/C16H24F2O/c1-11(2)8-16(19,9-12(3)4)10-13-6-5-7-14(17)15(13)18/h5-7,11-12,19H,8-10H2,1-4H3. The molecule has 0 radical (unpaired) electrons. The Balaban J connectivity index is 2.96. The third-order valence-electron chi connectivity index (χ3n) is 3.13. The van der Waals surface area contributed by atoms with Gasteiger partial charge in [-0.05, 0) is 36.3 Å². The van der Waals surface area contributed by atoms with E-state index >= 15 is 0 Å². The van der Waals surface area contributed by atoms with Crippen molar-refractivity contribution in [3.63, 3.8) is 0 Å². The molecule has 0 saturated carbocycles. The summed E-state index contributed by atoms with van der Waals surface area (Å²) in [6.45, 7) is 8.08. The van der Waals surface area contributed by atoms with Crippen molar-refractivity contribution in [3.05, 3.63) is 35.4 Å². The van der Waals surface area contributed by atoms with Gasteiger partial charge in [0.05, 0.1) is 5.60 Å². The van der Waals surface area contributed by atoms with Gasteiger partial charge in [-0.15, -0.1) is 0 Å². The van der Waals surface area contributed by atoms with Gasteiger partial charge in [-0.1, -0.05) is 39.8 Å². The van der Waals surface area contributed by atoms with Gasteiger partial charge in [-0.2, -0.15) is 0 Å². The summed E-state index contributed by atoms with van der Waals surface area (Å²) in [7, 11) is 0. The monoisotopic (exact) mass is 270 g/mol. The molecule has 108 valence electrons. The Hall–Kier alpha value is -0.960. The molecule has 0 aliphatic rings. The third-order valence-corrected chi connectivity index (χ3v) is 3.13. The molecular weight excluding hydrogens is 246 g/mol. The van der Waals surface area contributed by atoms with E-state index < -0.39 is 17.2 Å². The Morgan fingerprint density at radius 2 is 1.58 bits per heavy atom. The van der Waals surface area contributed by atoms with E-state index in [4.69, 9.17) is 0 Å². The smallest absolute Gasteiger partial charge is 0.162 e. The van der Waals surface area contributed by atoms with Crippen molar-refractivity contribution < 1.29 is 13.9 Å². The predicted molar refractivity (Wildman–Crippen MR) is 73.9 cm³/mol. The van der Waals surface area contributed by atoms with Crippen LogP contribution in [0.2, 0.25) is 0 Å². The van der Waals surface area contributed by atoms with Crippen LogP contribution < -0.4 is 0 Å². The van der Waals surface area contributed by atoms with Gasteiger partial charge in [0, 0.05) is 6.42 Å². The summed E-state index contributed by atoms with van der Waals surface area (Å²) in [4.78, 5) is 0. The van der Waals surface area contributed by atoms with Crippen LogP contribution in [0.4, 0.5) is 8.78 Å². The molecule has 1 aromatic rings. The summed E-state index contributed by atoms with van der Waals surface area (Å²) in [6, 6.07) is 4.13. The normalized spacial score (nSPS) is 12.5. The fourth-order valence-electron chi connectivity index (χ4n) is 2.79. The van der Waals surface area contributed by atoms with Crippen LogP contribution in [0, 0.1) is 23.5 Å². The van der Waals surface area contributed by atoms with Crippen LogP contribution in [-0.2, 0) is 6.42 Å². The van der Waals surface area contributed by atoms with Crippen molar-refractivity contribution in [2.24, 2.45) is 11.8 Å². The van der Waals surface area contributed by atoms with Gasteiger partial charge in [0.1, 0.15) is 0 Å². The maximum atomic E-state index is 13.7. The second-order valence-corrected chi connectivity index (χ2v) is 6.31. The highest BCUT2D eigenvalue weighted by atomic mass is 19.2. The molecule has 0 atom stereocenters. The topological polar surface area (TPSA) is 20.2 Å². The van der Waals surface area contributed by atoms with E-state index in [9.17, 15) is 13.9 Å². The second-order valence-electron chi connectivity index (χ2n) is 6.31. The van der Waals surface area contributed by atoms with Gasteiger partial charge < -0.3 is 5.11 Å². The first-order chi connectivity index (χ1) is 8.73. The van der Waals surface area contributed by atoms with Crippen molar-refractivity contribution in [3.8, 4) is 0 Å². The molecule has 0 aliphatic heterocycles. The van der Waals surface area contributed by atoms with Crippen LogP contribution in [-0.4, -0.2) is 10.7 Å². The zero-order valence-electron chi connectivity index (χ0n) is 12.2. The lowest BCUT2D eigenvalue weighted by Crippen LogP contribution is -2.35. The van der Waals surface area contributed by atoms with Gasteiger partial charge in [-0.3, -0.25) is 0 Å². The summed E-state index contributed by atoms with van der Waals surface area (Å²) < 4.78 is 26.9. The molecule has 1 aromatic carbocycles. The van der Waals surface area contributed by atoms with E-state index in [0.29, 0.717) is 24.7 Å². The Labute approximate surface area is 114 Å². The summed E-state index contributed by atoms with van der Waals surface area (Å²) in [6.07, 6.45) is 1.33. The summed E-state index contributed by atoms with van der Waals surface area (Å²) in [5, 5.41) is 10.7. The van der Waals surface area contributed by atoms with Gasteiger partial charge in [0.2, 0.25) is 0 Å². The number of hydrogen-bond acceptors (Lipinski definition) is 1. The average Bonchev–Trinajstić information content (AvgIpc) is 2.22. The lowest BCUT2D eigenvalue weighted by Gasteiger charge is -2.32. The molecule has 3 heteroatoms. The Bertz CT molecular complexity index is 403. The van der Waals surface area contributed by atoms with E-state index in [0.717, 1.165) is 6.07 Å². The molecule has 0 bridgehead atoms. The number of hydrogen-bond donors (Lipinski definition) is 1. The zero-order chi connectivity index (χ0) is 14.6. The minimum absolute atomic E-state index is 0.160. The summed E-state index contributed by atoms with van der Waals surface area (Å²) >= 11 is 0. The molecule has 0 aromatic heterocycles. The maximum Gasteiger partial charge on any atom is 0.162 e. The van der Waals surface area contributed by atoms with Gasteiger partial charge in [0.15, 0.2) is 11.6 Å². The molecular formula is C16H24F2O. The van der Waals surface area contributed by atoms with Crippen LogP contribution in [0.15, 0.2) is 18.2 Å². The Morgan fingerprint density at radius 1 is 1.05 bits per heavy atom. The molecule has 0 saturated heterocycles. The number of benzene rings is 1. The molecule has 19 heavy (non-hydrogen) atoms. The highest BCUT2D eigenvalue weighted by Gasteiger charge is 2.30. The Kier molecular flexibility index (Phi) is 5.48. The second kappa shape index (κ2) is 6.47. The predicted octanol–water partition coefficient (Wildman–Crippen LogP) is 4.33. The van der Waals surface area contributed by atoms with Crippen LogP contribution in [0.3, 0.4) is 0 Å². The average molecular weight is 270 g/mol. The van der Waals surface area contributed by atoms with Crippen molar-refractivity contribution in [1.29, 1.82) is 0 Å². The fourth-order valence-corrected chi connectivity index (χ4v) is 2.79. The van der Waals surface area contributed by atoms with Crippen molar-refractivity contribution in [2.45, 2.75) is 52.6 Å². The fraction of sp³-hybridized carbons (Fsp3) is 0.625. The van der Waals surface area contributed by atoms with E-state index in [1.165, 1.54) is 6.07 Å². The molecule has 0 unspecified atom stereocenters. The molecule has 0 amide bonds. The highest BCUT2D eigenvalue weighted by Crippen LogP contribution is 2.30. The van der Waals surface area contributed by atoms with E-state index in [1.807, 2.05) is 27.7 Å². The molecule has 1 rings (SSSR count). The van der Waals surface area contributed by atoms with E-state index in [2.05, 4.69) is 0 Å². The Morgan fingerprint density at radius 3 is 2.05 bits per heavy atom. The van der Waals surface area contributed by atoms with Crippen molar-refractivity contribution >= 4 is 0 Å². The van der Waals surface area contributed by atoms with E-state index in [-0.39, 0.29) is 12.0 Å². The number of aliphatic hydroxyl groups is 1. The summed E-state index contributed by atoms with van der Waals surface area (Å²) in [5.41, 5.74) is -0.722. The SMILES string of the molecule is CC(C)CC(O)(Cc1cccc(F)c1F)CC(C)C. The van der Waals surface area contributed by atoms with Crippen molar-refractivity contribution in [2.75, 3.05) is 0 Å².